The maximum atomic E-state index is 9.79. The van der Waals surface area contributed by atoms with Gasteiger partial charge in [0.25, 0.3) is 0 Å². The summed E-state index contributed by atoms with van der Waals surface area (Å²) in [5.41, 5.74) is 7.26. The first-order valence-corrected chi connectivity index (χ1v) is 5.90. The first kappa shape index (κ1) is 11.9. The molecule has 2 rings (SSSR count). The lowest BCUT2D eigenvalue weighted by atomic mass is 9.94. The zero-order valence-corrected chi connectivity index (χ0v) is 10.2. The molecule has 3 heteroatoms. The molecule has 1 aromatic carbocycles. The Morgan fingerprint density at radius 1 is 1.24 bits per heavy atom. The van der Waals surface area contributed by atoms with Crippen LogP contribution in [0, 0.1) is 5.92 Å². The van der Waals surface area contributed by atoms with E-state index in [9.17, 15) is 5.11 Å². The molecule has 0 amide bonds. The van der Waals surface area contributed by atoms with Crippen LogP contribution >= 0.6 is 0 Å². The normalized spacial score (nSPS) is 13.2. The number of nitrogens with zero attached hydrogens (tertiary/aromatic N) is 1. The Morgan fingerprint density at radius 2 is 2.00 bits per heavy atom. The lowest BCUT2D eigenvalue weighted by Gasteiger charge is -2.17. The van der Waals surface area contributed by atoms with Crippen LogP contribution in [0.5, 0.6) is 5.75 Å². The molecule has 2 aromatic rings. The van der Waals surface area contributed by atoms with Crippen molar-refractivity contribution in [1.29, 1.82) is 0 Å². The van der Waals surface area contributed by atoms with Crippen LogP contribution in [0.3, 0.4) is 0 Å². The van der Waals surface area contributed by atoms with Crippen molar-refractivity contribution in [3.05, 3.63) is 36.2 Å². The molecule has 1 atom stereocenters. The first-order valence-electron chi connectivity index (χ1n) is 5.90. The topological polar surface area (TPSA) is 59.1 Å². The fraction of sp³-hybridized carbons (Fsp3) is 0.357. The van der Waals surface area contributed by atoms with Crippen LogP contribution < -0.4 is 5.73 Å². The van der Waals surface area contributed by atoms with Crippen LogP contribution in [0.4, 0.5) is 0 Å². The second kappa shape index (κ2) is 4.72. The molecular formula is C14H18N2O. The molecule has 3 N–H and O–H groups in total. The minimum absolute atomic E-state index is 0.0118. The minimum atomic E-state index is -0.0118. The molecule has 0 fully saturated rings. The molecule has 17 heavy (non-hydrogen) atoms. The first-order chi connectivity index (χ1) is 8.09. The number of aromatic nitrogens is 1. The molecule has 90 valence electrons. The van der Waals surface area contributed by atoms with Crippen LogP contribution in [0.15, 0.2) is 30.6 Å². The zero-order valence-electron chi connectivity index (χ0n) is 10.2. The van der Waals surface area contributed by atoms with Crippen molar-refractivity contribution in [1.82, 2.24) is 4.98 Å². The SMILES string of the molecule is CC(C)CC(N)c1ccc(O)c2ccncc12. The van der Waals surface area contributed by atoms with Gasteiger partial charge in [-0.25, -0.2) is 0 Å². The van der Waals surface area contributed by atoms with Crippen molar-refractivity contribution in [3.63, 3.8) is 0 Å². The number of nitrogens with two attached hydrogens (primary N) is 1. The summed E-state index contributed by atoms with van der Waals surface area (Å²) >= 11 is 0. The van der Waals surface area contributed by atoms with Gasteiger partial charge in [0.05, 0.1) is 0 Å². The van der Waals surface area contributed by atoms with Crippen molar-refractivity contribution in [2.24, 2.45) is 11.7 Å². The second-order valence-electron chi connectivity index (χ2n) is 4.83. The number of hydrogen-bond acceptors (Lipinski definition) is 3. The van der Waals surface area contributed by atoms with Gasteiger partial charge in [-0.1, -0.05) is 19.9 Å². The Morgan fingerprint density at radius 3 is 2.71 bits per heavy atom. The third kappa shape index (κ3) is 2.39. The Bertz CT molecular complexity index is 523. The third-order valence-electron chi connectivity index (χ3n) is 2.95. The smallest absolute Gasteiger partial charge is 0.123 e. The van der Waals surface area contributed by atoms with E-state index in [4.69, 9.17) is 5.73 Å². The zero-order chi connectivity index (χ0) is 12.4. The summed E-state index contributed by atoms with van der Waals surface area (Å²) in [4.78, 5) is 4.11. The number of pyridine rings is 1. The number of phenolic OH excluding ortho intramolecular Hbond substituents is 1. The van der Waals surface area contributed by atoms with Crippen LogP contribution in [-0.2, 0) is 0 Å². The van der Waals surface area contributed by atoms with Crippen LogP contribution in [-0.4, -0.2) is 10.1 Å². The molecule has 0 spiro atoms. The standard InChI is InChI=1S/C14H18N2O/c1-9(2)7-13(15)10-3-4-14(17)11-5-6-16-8-12(10)11/h3-6,8-9,13,17H,7,15H2,1-2H3. The minimum Gasteiger partial charge on any atom is -0.507 e. The average Bonchev–Trinajstić information content (AvgIpc) is 2.29. The van der Waals surface area contributed by atoms with Gasteiger partial charge in [0.2, 0.25) is 0 Å². The second-order valence-corrected chi connectivity index (χ2v) is 4.83. The van der Waals surface area contributed by atoms with Crippen molar-refractivity contribution >= 4 is 10.8 Å². The lowest BCUT2D eigenvalue weighted by Crippen LogP contribution is -2.13. The van der Waals surface area contributed by atoms with Gasteiger partial charge >= 0.3 is 0 Å². The van der Waals surface area contributed by atoms with E-state index in [0.717, 1.165) is 22.8 Å². The van der Waals surface area contributed by atoms with E-state index in [2.05, 4.69) is 18.8 Å². The highest BCUT2D eigenvalue weighted by Gasteiger charge is 2.13. The van der Waals surface area contributed by atoms with Crippen LogP contribution in [0.1, 0.15) is 31.9 Å². The van der Waals surface area contributed by atoms with E-state index in [-0.39, 0.29) is 11.8 Å². The average molecular weight is 230 g/mol. The number of aromatic hydroxyl groups is 1. The Labute approximate surface area is 101 Å². The maximum absolute atomic E-state index is 9.79. The van der Waals surface area contributed by atoms with Crippen molar-refractivity contribution in [2.45, 2.75) is 26.3 Å². The van der Waals surface area contributed by atoms with Gasteiger partial charge in [0.1, 0.15) is 5.75 Å². The predicted molar refractivity (Wildman–Crippen MR) is 69.8 cm³/mol. The van der Waals surface area contributed by atoms with Gasteiger partial charge in [-0.05, 0) is 30.0 Å². The Hall–Kier alpha value is -1.61. The molecular weight excluding hydrogens is 212 g/mol. The van der Waals surface area contributed by atoms with Crippen molar-refractivity contribution in [2.75, 3.05) is 0 Å². The number of hydrogen-bond donors (Lipinski definition) is 2. The molecule has 3 nitrogen and oxygen atoms in total. The fourth-order valence-electron chi connectivity index (χ4n) is 2.15. The van der Waals surface area contributed by atoms with E-state index in [1.54, 1.807) is 18.5 Å². The largest absolute Gasteiger partial charge is 0.507 e. The monoisotopic (exact) mass is 230 g/mol. The highest BCUT2D eigenvalue weighted by Crippen LogP contribution is 2.31. The summed E-state index contributed by atoms with van der Waals surface area (Å²) in [5, 5.41) is 11.6. The Kier molecular flexibility index (Phi) is 3.29. The molecule has 0 bridgehead atoms. The number of benzene rings is 1. The van der Waals surface area contributed by atoms with Gasteiger partial charge in [-0.15, -0.1) is 0 Å². The lowest BCUT2D eigenvalue weighted by molar-refractivity contribution is 0.480. The number of phenols is 1. The van der Waals surface area contributed by atoms with Crippen LogP contribution in [0.25, 0.3) is 10.8 Å². The molecule has 1 heterocycles. The Balaban J connectivity index is 2.51. The quantitative estimate of drug-likeness (QED) is 0.852. The van der Waals surface area contributed by atoms with Crippen molar-refractivity contribution in [3.8, 4) is 5.75 Å². The van der Waals surface area contributed by atoms with E-state index >= 15 is 0 Å². The molecule has 0 aliphatic carbocycles. The maximum Gasteiger partial charge on any atom is 0.123 e. The van der Waals surface area contributed by atoms with Gasteiger partial charge < -0.3 is 10.8 Å². The summed E-state index contributed by atoms with van der Waals surface area (Å²) in [6.45, 7) is 4.31. The summed E-state index contributed by atoms with van der Waals surface area (Å²) in [6.07, 6.45) is 4.37. The summed E-state index contributed by atoms with van der Waals surface area (Å²) in [7, 11) is 0. The number of rotatable bonds is 3. The molecule has 0 saturated heterocycles. The fourth-order valence-corrected chi connectivity index (χ4v) is 2.15. The summed E-state index contributed by atoms with van der Waals surface area (Å²) in [6, 6.07) is 5.41. The van der Waals surface area contributed by atoms with Gasteiger partial charge in [-0.3, -0.25) is 4.98 Å². The van der Waals surface area contributed by atoms with E-state index < -0.39 is 0 Å². The molecule has 0 saturated carbocycles. The molecule has 0 aliphatic rings. The molecule has 1 aromatic heterocycles. The molecule has 0 radical (unpaired) electrons. The van der Waals surface area contributed by atoms with Gasteiger partial charge in [-0.2, -0.15) is 0 Å². The molecule has 1 unspecified atom stereocenters. The highest BCUT2D eigenvalue weighted by atomic mass is 16.3. The predicted octanol–water partition coefficient (Wildman–Crippen LogP) is 2.99. The third-order valence-corrected chi connectivity index (χ3v) is 2.95. The van der Waals surface area contributed by atoms with E-state index in [1.165, 1.54) is 0 Å². The van der Waals surface area contributed by atoms with E-state index in [1.807, 2.05) is 12.1 Å². The summed E-state index contributed by atoms with van der Waals surface area (Å²) < 4.78 is 0. The van der Waals surface area contributed by atoms with Crippen LogP contribution in [0.2, 0.25) is 0 Å². The summed E-state index contributed by atoms with van der Waals surface area (Å²) in [5.74, 6) is 0.827. The highest BCUT2D eigenvalue weighted by molar-refractivity contribution is 5.90. The van der Waals surface area contributed by atoms with Gasteiger partial charge in [0.15, 0.2) is 0 Å². The van der Waals surface area contributed by atoms with Gasteiger partial charge in [0, 0.05) is 29.2 Å². The van der Waals surface area contributed by atoms with E-state index in [0.29, 0.717) is 5.92 Å². The van der Waals surface area contributed by atoms with Crippen molar-refractivity contribution < 1.29 is 5.11 Å². The molecule has 0 aliphatic heterocycles. The number of fused-ring (bicyclic) bond motifs is 1.